The molecule has 0 bridgehead atoms. The van der Waals surface area contributed by atoms with E-state index >= 15 is 0 Å². The highest BCUT2D eigenvalue weighted by Gasteiger charge is 2.14. The minimum Gasteiger partial charge on any atom is -0.451 e. The van der Waals surface area contributed by atoms with Gasteiger partial charge in [0.1, 0.15) is 11.1 Å². The zero-order chi connectivity index (χ0) is 21.4. The van der Waals surface area contributed by atoms with Gasteiger partial charge in [0.25, 0.3) is 5.91 Å². The molecule has 2 heterocycles. The van der Waals surface area contributed by atoms with Gasteiger partial charge in [0, 0.05) is 16.6 Å². The number of oxazole rings is 1. The van der Waals surface area contributed by atoms with Crippen molar-refractivity contribution in [3.8, 4) is 11.5 Å². The molecule has 0 aliphatic rings. The maximum Gasteiger partial charge on any atom is 0.291 e. The van der Waals surface area contributed by atoms with Gasteiger partial charge in [-0.05, 0) is 60.4 Å². The number of rotatable bonds is 5. The van der Waals surface area contributed by atoms with E-state index in [1.54, 1.807) is 6.07 Å². The smallest absolute Gasteiger partial charge is 0.291 e. The molecule has 5 aromatic rings. The number of para-hydroxylation sites is 1. The Hall–Kier alpha value is -3.86. The fourth-order valence-electron chi connectivity index (χ4n) is 3.63. The van der Waals surface area contributed by atoms with Gasteiger partial charge in [-0.1, -0.05) is 44.2 Å². The van der Waals surface area contributed by atoms with E-state index in [1.807, 2.05) is 54.6 Å². The lowest BCUT2D eigenvalue weighted by atomic mass is 9.98. The Morgan fingerprint density at radius 1 is 0.968 bits per heavy atom. The van der Waals surface area contributed by atoms with Crippen LogP contribution in [0.25, 0.3) is 33.5 Å². The highest BCUT2D eigenvalue weighted by molar-refractivity contribution is 6.04. The van der Waals surface area contributed by atoms with Crippen molar-refractivity contribution in [3.05, 3.63) is 84.1 Å². The summed E-state index contributed by atoms with van der Waals surface area (Å²) in [6.07, 6.45) is 1.07. The zero-order valence-corrected chi connectivity index (χ0v) is 17.4. The Kier molecular flexibility index (Phi) is 4.79. The number of carbonyl (C=O) groups excluding carboxylic acids is 1. The Bertz CT molecular complexity index is 1360. The average molecular weight is 410 g/mol. The molecule has 0 unspecified atom stereocenters. The van der Waals surface area contributed by atoms with Crippen molar-refractivity contribution in [2.45, 2.75) is 26.2 Å². The molecule has 5 rings (SSSR count). The summed E-state index contributed by atoms with van der Waals surface area (Å²) in [6, 6.07) is 22.9. The minimum atomic E-state index is -0.302. The largest absolute Gasteiger partial charge is 0.451 e. The molecule has 0 aliphatic carbocycles. The molecule has 0 aliphatic heterocycles. The fourth-order valence-corrected chi connectivity index (χ4v) is 3.63. The van der Waals surface area contributed by atoms with E-state index in [9.17, 15) is 4.79 Å². The van der Waals surface area contributed by atoms with Crippen LogP contribution in [0.2, 0.25) is 0 Å². The predicted octanol–water partition coefficient (Wildman–Crippen LogP) is 7.01. The van der Waals surface area contributed by atoms with Crippen LogP contribution in [0.1, 0.15) is 42.3 Å². The first-order valence-corrected chi connectivity index (χ1v) is 10.4. The van der Waals surface area contributed by atoms with E-state index in [1.165, 1.54) is 5.56 Å². The van der Waals surface area contributed by atoms with E-state index in [0.717, 1.165) is 28.5 Å². The summed E-state index contributed by atoms with van der Waals surface area (Å²) in [6.45, 7) is 4.38. The molecule has 31 heavy (non-hydrogen) atoms. The Labute approximate surface area is 179 Å². The Morgan fingerprint density at radius 2 is 1.84 bits per heavy atom. The SMILES string of the molecule is CC[C@@H](C)c1ccc2oc(-c3cccc(NC(=O)c4cc5ccccc5o4)c3)nc2c1. The summed E-state index contributed by atoms with van der Waals surface area (Å²) < 4.78 is 11.6. The summed E-state index contributed by atoms with van der Waals surface area (Å²) in [5, 5.41) is 3.79. The van der Waals surface area contributed by atoms with E-state index < -0.39 is 0 Å². The number of furan rings is 1. The number of nitrogens with zero attached hydrogens (tertiary/aromatic N) is 1. The third-order valence-corrected chi connectivity index (χ3v) is 5.61. The maximum absolute atomic E-state index is 12.7. The molecule has 3 aromatic carbocycles. The number of benzene rings is 3. The number of nitrogens with one attached hydrogen (secondary N) is 1. The molecule has 154 valence electrons. The number of fused-ring (bicyclic) bond motifs is 2. The second kappa shape index (κ2) is 7.76. The van der Waals surface area contributed by atoms with Gasteiger partial charge in [-0.15, -0.1) is 0 Å². The molecule has 0 saturated heterocycles. The molecular weight excluding hydrogens is 388 g/mol. The van der Waals surface area contributed by atoms with Crippen LogP contribution in [0.15, 0.2) is 81.6 Å². The standard InChI is InChI=1S/C26H22N2O3/c1-3-16(2)17-11-12-23-21(14-17)28-26(31-23)19-8-6-9-20(13-19)27-25(29)24-15-18-7-4-5-10-22(18)30-24/h4-16H,3H2,1-2H3,(H,27,29)/t16-/m1/s1. The van der Waals surface area contributed by atoms with Gasteiger partial charge in [-0.2, -0.15) is 0 Å². The van der Waals surface area contributed by atoms with Crippen molar-refractivity contribution in [1.29, 1.82) is 0 Å². The van der Waals surface area contributed by atoms with Crippen molar-refractivity contribution in [2.75, 3.05) is 5.32 Å². The lowest BCUT2D eigenvalue weighted by Crippen LogP contribution is -2.10. The molecule has 1 atom stereocenters. The van der Waals surface area contributed by atoms with E-state index in [4.69, 9.17) is 8.83 Å². The third kappa shape index (κ3) is 3.70. The summed E-state index contributed by atoms with van der Waals surface area (Å²) in [5.74, 6) is 0.965. The average Bonchev–Trinajstić information content (AvgIpc) is 3.42. The van der Waals surface area contributed by atoms with Gasteiger partial charge in [0.15, 0.2) is 11.3 Å². The van der Waals surface area contributed by atoms with Crippen molar-refractivity contribution < 1.29 is 13.6 Å². The van der Waals surface area contributed by atoms with E-state index in [0.29, 0.717) is 23.1 Å². The Balaban J connectivity index is 1.41. The van der Waals surface area contributed by atoms with Crippen LogP contribution in [0, 0.1) is 0 Å². The van der Waals surface area contributed by atoms with Crippen molar-refractivity contribution >= 4 is 33.7 Å². The van der Waals surface area contributed by atoms with Crippen molar-refractivity contribution in [2.24, 2.45) is 0 Å². The topological polar surface area (TPSA) is 68.3 Å². The van der Waals surface area contributed by atoms with Gasteiger partial charge < -0.3 is 14.2 Å². The molecule has 1 amide bonds. The zero-order valence-electron chi connectivity index (χ0n) is 17.4. The molecule has 0 fully saturated rings. The summed E-state index contributed by atoms with van der Waals surface area (Å²) in [4.78, 5) is 17.3. The number of aromatic nitrogens is 1. The molecule has 0 spiro atoms. The lowest BCUT2D eigenvalue weighted by Gasteiger charge is -2.07. The number of hydrogen-bond acceptors (Lipinski definition) is 4. The summed E-state index contributed by atoms with van der Waals surface area (Å²) >= 11 is 0. The summed E-state index contributed by atoms with van der Waals surface area (Å²) in [5.41, 5.74) is 4.96. The van der Waals surface area contributed by atoms with Crippen LogP contribution < -0.4 is 5.32 Å². The van der Waals surface area contributed by atoms with Crippen LogP contribution in [0.3, 0.4) is 0 Å². The van der Waals surface area contributed by atoms with Gasteiger partial charge in [0.2, 0.25) is 5.89 Å². The molecule has 5 nitrogen and oxygen atoms in total. The van der Waals surface area contributed by atoms with Crippen LogP contribution in [-0.4, -0.2) is 10.9 Å². The van der Waals surface area contributed by atoms with E-state index in [-0.39, 0.29) is 11.7 Å². The third-order valence-electron chi connectivity index (χ3n) is 5.61. The Morgan fingerprint density at radius 3 is 2.68 bits per heavy atom. The second-order valence-corrected chi connectivity index (χ2v) is 7.74. The minimum absolute atomic E-state index is 0.269. The first kappa shape index (κ1) is 19.1. The molecule has 5 heteroatoms. The maximum atomic E-state index is 12.7. The van der Waals surface area contributed by atoms with Gasteiger partial charge in [0.05, 0.1) is 0 Å². The van der Waals surface area contributed by atoms with Crippen LogP contribution in [0.4, 0.5) is 5.69 Å². The molecular formula is C26H22N2O3. The first-order valence-electron chi connectivity index (χ1n) is 10.4. The number of carbonyl (C=O) groups is 1. The molecule has 0 radical (unpaired) electrons. The van der Waals surface area contributed by atoms with Crippen molar-refractivity contribution in [1.82, 2.24) is 4.98 Å². The predicted molar refractivity (Wildman–Crippen MR) is 122 cm³/mol. The molecule has 2 aromatic heterocycles. The molecule has 1 N–H and O–H groups in total. The van der Waals surface area contributed by atoms with Crippen molar-refractivity contribution in [3.63, 3.8) is 0 Å². The number of amides is 1. The lowest BCUT2D eigenvalue weighted by molar-refractivity contribution is 0.0998. The molecule has 0 saturated carbocycles. The van der Waals surface area contributed by atoms with E-state index in [2.05, 4.69) is 36.3 Å². The quantitative estimate of drug-likeness (QED) is 0.338. The first-order chi connectivity index (χ1) is 15.1. The number of hydrogen-bond donors (Lipinski definition) is 1. The highest BCUT2D eigenvalue weighted by atomic mass is 16.4. The fraction of sp³-hybridized carbons (Fsp3) is 0.154. The monoisotopic (exact) mass is 410 g/mol. The van der Waals surface area contributed by atoms with Gasteiger partial charge in [-0.3, -0.25) is 4.79 Å². The van der Waals surface area contributed by atoms with Crippen LogP contribution >= 0.6 is 0 Å². The number of anilines is 1. The summed E-state index contributed by atoms with van der Waals surface area (Å²) in [7, 11) is 0. The van der Waals surface area contributed by atoms with Gasteiger partial charge >= 0.3 is 0 Å². The second-order valence-electron chi connectivity index (χ2n) is 7.74. The normalized spacial score (nSPS) is 12.3. The highest BCUT2D eigenvalue weighted by Crippen LogP contribution is 2.29. The van der Waals surface area contributed by atoms with Gasteiger partial charge in [-0.25, -0.2) is 4.98 Å². The van der Waals surface area contributed by atoms with Crippen LogP contribution in [-0.2, 0) is 0 Å². The van der Waals surface area contributed by atoms with Crippen LogP contribution in [0.5, 0.6) is 0 Å².